The van der Waals surface area contributed by atoms with Gasteiger partial charge in [-0.05, 0) is 137 Å². The van der Waals surface area contributed by atoms with Crippen molar-refractivity contribution in [2.75, 3.05) is 28.4 Å². The van der Waals surface area contributed by atoms with Gasteiger partial charge in [-0.1, -0.05) is 62.0 Å². The molecule has 0 aliphatic rings. The lowest BCUT2D eigenvalue weighted by molar-refractivity contribution is 0.102. The third kappa shape index (κ3) is 11.5. The number of nitrogen functional groups attached to an aromatic ring is 2. The molecule has 0 radical (unpaired) electrons. The average Bonchev–Trinajstić information content (AvgIpc) is 3.72. The van der Waals surface area contributed by atoms with Crippen molar-refractivity contribution in [3.05, 3.63) is 180 Å². The Balaban J connectivity index is 0.000000196. The van der Waals surface area contributed by atoms with Gasteiger partial charge in [-0.3, -0.25) is 18.8 Å². The topological polar surface area (TPSA) is 140 Å². The van der Waals surface area contributed by atoms with E-state index in [9.17, 15) is 22.6 Å². The molecule has 0 aliphatic heterocycles. The molecule has 1 atom stereocenters. The number of amides is 2. The molecular formula is C48H41F2N5O3S3. The summed E-state index contributed by atoms with van der Waals surface area (Å²) in [7, 11) is -1.08. The van der Waals surface area contributed by atoms with E-state index in [0.29, 0.717) is 33.2 Å². The number of hydrogen-bond donors (Lipinski definition) is 4. The van der Waals surface area contributed by atoms with Gasteiger partial charge in [0.05, 0.1) is 27.6 Å². The minimum Gasteiger partial charge on any atom is -0.397 e. The summed E-state index contributed by atoms with van der Waals surface area (Å²) in [6.07, 6.45) is 5.15. The number of pyridine rings is 1. The van der Waals surface area contributed by atoms with Crippen LogP contribution in [0.3, 0.4) is 0 Å². The second kappa shape index (κ2) is 20.5. The highest BCUT2D eigenvalue weighted by Crippen LogP contribution is 2.32. The second-order valence-corrected chi connectivity index (χ2v) is 16.7. The zero-order chi connectivity index (χ0) is 43.5. The quantitative estimate of drug-likeness (QED) is 0.106. The van der Waals surface area contributed by atoms with Gasteiger partial charge in [-0.15, -0.1) is 11.3 Å². The standard InChI is InChI=1S/C24H18FN3OS.C22H17FN2O2S2.C2H6/c25-19-8-3-16(4-9-19)18-7-12-22(26)23(14-18)28-24(29)17-5-10-20(11-6-17)30-21-2-1-13-27-15-21;1-29(27)17-7-9-20-15(10-17)12-21(28-20)22(26)25-19-11-14(4-8-18(19)24)13-2-5-16(23)6-3-13;1-2/h1-15H,26H2,(H,28,29);2-12H,24H2,1H3,(H,25,26);1-2H3. The number of aromatic nitrogens is 1. The number of halogens is 2. The van der Waals surface area contributed by atoms with E-state index in [1.165, 1.54) is 35.6 Å². The average molecular weight is 870 g/mol. The van der Waals surface area contributed by atoms with Crippen LogP contribution < -0.4 is 22.1 Å². The number of anilines is 4. The van der Waals surface area contributed by atoms with Gasteiger partial charge in [0.2, 0.25) is 0 Å². The number of hydrogen-bond acceptors (Lipinski definition) is 8. The molecule has 0 spiro atoms. The molecule has 0 aliphatic carbocycles. The van der Waals surface area contributed by atoms with Gasteiger partial charge >= 0.3 is 0 Å². The molecule has 13 heteroatoms. The monoisotopic (exact) mass is 869 g/mol. The van der Waals surface area contributed by atoms with E-state index in [1.54, 1.807) is 103 Å². The maximum absolute atomic E-state index is 13.2. The minimum atomic E-state index is -1.08. The first kappa shape index (κ1) is 43.9. The summed E-state index contributed by atoms with van der Waals surface area (Å²) in [5.74, 6) is -1.13. The molecule has 8 nitrogen and oxygen atoms in total. The Bertz CT molecular complexity index is 2800. The number of nitrogens with zero attached hydrogens (tertiary/aromatic N) is 1. The summed E-state index contributed by atoms with van der Waals surface area (Å²) in [6.45, 7) is 4.00. The molecule has 61 heavy (non-hydrogen) atoms. The fourth-order valence-corrected chi connectivity index (χ4v) is 8.18. The molecule has 6 N–H and O–H groups in total. The van der Waals surface area contributed by atoms with Crippen LogP contribution in [0.2, 0.25) is 0 Å². The first-order valence-electron chi connectivity index (χ1n) is 19.0. The minimum absolute atomic E-state index is 0.254. The van der Waals surface area contributed by atoms with Crippen LogP contribution in [0.5, 0.6) is 0 Å². The molecule has 8 aromatic rings. The predicted molar refractivity (Wildman–Crippen MR) is 249 cm³/mol. The van der Waals surface area contributed by atoms with E-state index in [0.717, 1.165) is 47.0 Å². The van der Waals surface area contributed by atoms with Crippen LogP contribution in [0.25, 0.3) is 32.3 Å². The van der Waals surface area contributed by atoms with Crippen molar-refractivity contribution >= 4 is 78.5 Å². The van der Waals surface area contributed by atoms with E-state index in [-0.39, 0.29) is 23.4 Å². The normalized spacial score (nSPS) is 11.0. The number of rotatable bonds is 9. The van der Waals surface area contributed by atoms with Gasteiger partial charge in [0, 0.05) is 54.4 Å². The highest BCUT2D eigenvalue weighted by Gasteiger charge is 2.15. The maximum atomic E-state index is 13.2. The van der Waals surface area contributed by atoms with E-state index in [1.807, 2.05) is 62.4 Å². The Morgan fingerprint density at radius 1 is 0.639 bits per heavy atom. The molecule has 0 fully saturated rings. The lowest BCUT2D eigenvalue weighted by Gasteiger charge is -2.11. The molecule has 0 saturated heterocycles. The van der Waals surface area contributed by atoms with E-state index in [4.69, 9.17) is 11.5 Å². The van der Waals surface area contributed by atoms with Crippen LogP contribution in [0.15, 0.2) is 173 Å². The summed E-state index contributed by atoms with van der Waals surface area (Å²) in [5.41, 5.74) is 17.8. The zero-order valence-electron chi connectivity index (χ0n) is 33.3. The third-order valence-corrected chi connectivity index (χ3v) is 12.0. The molecule has 2 aromatic heterocycles. The number of fused-ring (bicyclic) bond motifs is 1. The molecule has 0 bridgehead atoms. The number of nitrogens with one attached hydrogen (secondary N) is 2. The highest BCUT2D eigenvalue weighted by molar-refractivity contribution is 7.99. The van der Waals surface area contributed by atoms with Crippen molar-refractivity contribution in [2.45, 2.75) is 28.5 Å². The van der Waals surface area contributed by atoms with Gasteiger partial charge < -0.3 is 22.1 Å². The maximum Gasteiger partial charge on any atom is 0.265 e. The van der Waals surface area contributed by atoms with Crippen LogP contribution in [0, 0.1) is 11.6 Å². The summed E-state index contributed by atoms with van der Waals surface area (Å²) >= 11 is 2.93. The van der Waals surface area contributed by atoms with Crippen LogP contribution in [-0.4, -0.2) is 27.3 Å². The van der Waals surface area contributed by atoms with Crippen molar-refractivity contribution in [1.29, 1.82) is 0 Å². The number of benzene rings is 6. The van der Waals surface area contributed by atoms with Gasteiger partial charge in [-0.2, -0.15) is 0 Å². The predicted octanol–water partition coefficient (Wildman–Crippen LogP) is 12.2. The smallest absolute Gasteiger partial charge is 0.265 e. The second-order valence-electron chi connectivity index (χ2n) is 13.1. The van der Waals surface area contributed by atoms with Crippen molar-refractivity contribution in [3.63, 3.8) is 0 Å². The lowest BCUT2D eigenvalue weighted by atomic mass is 10.0. The number of carbonyl (C=O) groups is 2. The Kier molecular flexibility index (Phi) is 14.8. The van der Waals surface area contributed by atoms with E-state index < -0.39 is 10.8 Å². The summed E-state index contributed by atoms with van der Waals surface area (Å²) in [6, 6.07) is 41.4. The lowest BCUT2D eigenvalue weighted by Crippen LogP contribution is -2.13. The Morgan fingerprint density at radius 2 is 1.18 bits per heavy atom. The molecule has 6 aromatic carbocycles. The van der Waals surface area contributed by atoms with Crippen LogP contribution in [-0.2, 0) is 10.8 Å². The highest BCUT2D eigenvalue weighted by atomic mass is 32.2. The van der Waals surface area contributed by atoms with E-state index >= 15 is 0 Å². The van der Waals surface area contributed by atoms with Crippen LogP contribution in [0.4, 0.5) is 31.5 Å². The fourth-order valence-electron chi connectivity index (χ4n) is 5.88. The Labute approximate surface area is 363 Å². The molecule has 308 valence electrons. The fraction of sp³-hybridized carbons (Fsp3) is 0.0625. The van der Waals surface area contributed by atoms with Gasteiger partial charge in [-0.25, -0.2) is 8.78 Å². The molecule has 2 heterocycles. The van der Waals surface area contributed by atoms with Crippen LogP contribution >= 0.6 is 23.1 Å². The first-order valence-corrected chi connectivity index (χ1v) is 22.2. The molecular weight excluding hydrogens is 829 g/mol. The van der Waals surface area contributed by atoms with Gasteiger partial charge in [0.25, 0.3) is 11.8 Å². The Hall–Kier alpha value is -6.67. The Morgan fingerprint density at radius 3 is 1.70 bits per heavy atom. The molecule has 2 amide bonds. The summed E-state index contributed by atoms with van der Waals surface area (Å²) in [5, 5.41) is 6.60. The number of carbonyl (C=O) groups excluding carboxylic acids is 2. The number of thiophene rings is 1. The van der Waals surface area contributed by atoms with Gasteiger partial charge in [0.15, 0.2) is 0 Å². The SMILES string of the molecule is CC.CS(=O)c1ccc2sc(C(=O)Nc3cc(-c4ccc(F)cc4)ccc3N)cc2c1.Nc1ccc(-c2ccc(F)cc2)cc1NC(=O)c1ccc(Sc2cccnc2)cc1. The molecule has 8 rings (SSSR count). The van der Waals surface area contributed by atoms with Crippen molar-refractivity contribution in [2.24, 2.45) is 0 Å². The van der Waals surface area contributed by atoms with E-state index in [2.05, 4.69) is 15.6 Å². The molecule has 0 saturated carbocycles. The van der Waals surface area contributed by atoms with Gasteiger partial charge in [0.1, 0.15) is 11.6 Å². The van der Waals surface area contributed by atoms with Crippen molar-refractivity contribution in [1.82, 2.24) is 4.98 Å². The molecule has 1 unspecified atom stereocenters. The summed E-state index contributed by atoms with van der Waals surface area (Å²) < 4.78 is 39.0. The van der Waals surface area contributed by atoms with Crippen molar-refractivity contribution < 1.29 is 22.6 Å². The third-order valence-electron chi connectivity index (χ3n) is 8.99. The van der Waals surface area contributed by atoms with Crippen molar-refractivity contribution in [3.8, 4) is 22.3 Å². The van der Waals surface area contributed by atoms with Crippen LogP contribution in [0.1, 0.15) is 33.9 Å². The summed E-state index contributed by atoms with van der Waals surface area (Å²) in [4.78, 5) is 32.9. The zero-order valence-corrected chi connectivity index (χ0v) is 35.8. The number of nitrogens with two attached hydrogens (primary N) is 2. The largest absolute Gasteiger partial charge is 0.397 e. The first-order chi connectivity index (χ1) is 29.5.